The summed E-state index contributed by atoms with van der Waals surface area (Å²) in [5.41, 5.74) is 0.774. The molecule has 0 spiro atoms. The molecule has 2 heterocycles. The molecule has 2 rings (SSSR count). The monoisotopic (exact) mass is 249 g/mol. The van der Waals surface area contributed by atoms with Gasteiger partial charge in [0.15, 0.2) is 5.65 Å². The molecule has 7 nitrogen and oxygen atoms in total. The molecule has 1 unspecified atom stereocenters. The summed E-state index contributed by atoms with van der Waals surface area (Å²) >= 11 is 0. The van der Waals surface area contributed by atoms with Gasteiger partial charge in [0.1, 0.15) is 5.82 Å². The lowest BCUT2D eigenvalue weighted by Gasteiger charge is -2.12. The molecule has 0 saturated heterocycles. The summed E-state index contributed by atoms with van der Waals surface area (Å²) in [6.45, 7) is 3.02. The minimum Gasteiger partial charge on any atom is -0.465 e. The molecular weight excluding hydrogens is 234 g/mol. The van der Waals surface area contributed by atoms with Crippen molar-refractivity contribution in [2.45, 2.75) is 6.92 Å². The van der Waals surface area contributed by atoms with Crippen molar-refractivity contribution in [3.05, 3.63) is 24.5 Å². The number of carbonyl (C=O) groups is 1. The van der Waals surface area contributed by atoms with E-state index in [1.165, 1.54) is 0 Å². The fourth-order valence-electron chi connectivity index (χ4n) is 1.52. The number of amides is 1. The summed E-state index contributed by atoms with van der Waals surface area (Å²) in [5.74, 6) is 0.939. The Hall–Kier alpha value is -2.31. The number of rotatable bonds is 5. The van der Waals surface area contributed by atoms with E-state index in [0.29, 0.717) is 13.1 Å². The van der Waals surface area contributed by atoms with E-state index in [9.17, 15) is 4.79 Å². The number of nitrogens with one attached hydrogen (secondary N) is 2. The zero-order valence-corrected chi connectivity index (χ0v) is 10.00. The van der Waals surface area contributed by atoms with Crippen LogP contribution in [0.2, 0.25) is 0 Å². The molecule has 0 aliphatic rings. The average molecular weight is 249 g/mol. The van der Waals surface area contributed by atoms with E-state index in [1.807, 2.05) is 25.3 Å². The Morgan fingerprint density at radius 1 is 1.50 bits per heavy atom. The highest BCUT2D eigenvalue weighted by Gasteiger charge is 2.05. The van der Waals surface area contributed by atoms with Crippen molar-refractivity contribution in [1.29, 1.82) is 0 Å². The van der Waals surface area contributed by atoms with Gasteiger partial charge in [-0.05, 0) is 12.0 Å². The Kier molecular flexibility index (Phi) is 3.61. The van der Waals surface area contributed by atoms with Gasteiger partial charge in [0, 0.05) is 25.4 Å². The van der Waals surface area contributed by atoms with Crippen molar-refractivity contribution >= 4 is 17.6 Å². The van der Waals surface area contributed by atoms with Crippen LogP contribution < -0.4 is 10.6 Å². The molecule has 0 aliphatic carbocycles. The molecule has 3 N–H and O–H groups in total. The van der Waals surface area contributed by atoms with Crippen molar-refractivity contribution in [2.75, 3.05) is 18.4 Å². The maximum Gasteiger partial charge on any atom is 0.404 e. The first-order chi connectivity index (χ1) is 8.65. The Labute approximate surface area is 104 Å². The Morgan fingerprint density at radius 3 is 3.11 bits per heavy atom. The quantitative estimate of drug-likeness (QED) is 0.736. The van der Waals surface area contributed by atoms with E-state index < -0.39 is 6.09 Å². The van der Waals surface area contributed by atoms with Gasteiger partial charge in [0.25, 0.3) is 0 Å². The number of hydrogen-bond acceptors (Lipinski definition) is 4. The number of anilines is 1. The van der Waals surface area contributed by atoms with Gasteiger partial charge in [0.05, 0.1) is 6.20 Å². The van der Waals surface area contributed by atoms with E-state index in [2.05, 4.69) is 20.7 Å². The van der Waals surface area contributed by atoms with Gasteiger partial charge in [-0.3, -0.25) is 0 Å². The molecule has 0 aliphatic heterocycles. The van der Waals surface area contributed by atoms with Gasteiger partial charge in [-0.15, -0.1) is 0 Å². The lowest BCUT2D eigenvalue weighted by atomic mass is 10.2. The molecule has 1 atom stereocenters. The molecule has 0 fully saturated rings. The van der Waals surface area contributed by atoms with Gasteiger partial charge in [-0.1, -0.05) is 6.92 Å². The minimum atomic E-state index is -0.999. The van der Waals surface area contributed by atoms with Crippen molar-refractivity contribution in [3.63, 3.8) is 0 Å². The zero-order chi connectivity index (χ0) is 13.0. The normalized spacial score (nSPS) is 12.3. The second-order valence-electron chi connectivity index (χ2n) is 4.12. The summed E-state index contributed by atoms with van der Waals surface area (Å²) in [7, 11) is 0. The third kappa shape index (κ3) is 3.09. The van der Waals surface area contributed by atoms with Crippen molar-refractivity contribution in [3.8, 4) is 0 Å². The molecule has 96 valence electrons. The molecular formula is C11H15N5O2. The molecule has 0 saturated carbocycles. The van der Waals surface area contributed by atoms with Crippen LogP contribution in [0, 0.1) is 5.92 Å². The van der Waals surface area contributed by atoms with Gasteiger partial charge in [-0.2, -0.15) is 5.10 Å². The highest BCUT2D eigenvalue weighted by Crippen LogP contribution is 2.06. The van der Waals surface area contributed by atoms with E-state index in [-0.39, 0.29) is 5.92 Å². The SMILES string of the molecule is CC(CNC(=O)O)CNc1ccn2nccc2n1. The largest absolute Gasteiger partial charge is 0.465 e. The van der Waals surface area contributed by atoms with E-state index >= 15 is 0 Å². The van der Waals surface area contributed by atoms with Gasteiger partial charge < -0.3 is 15.7 Å². The highest BCUT2D eigenvalue weighted by molar-refractivity contribution is 5.64. The van der Waals surface area contributed by atoms with Crippen LogP contribution in [0.5, 0.6) is 0 Å². The van der Waals surface area contributed by atoms with E-state index in [4.69, 9.17) is 5.11 Å². The lowest BCUT2D eigenvalue weighted by Crippen LogP contribution is -2.29. The smallest absolute Gasteiger partial charge is 0.404 e. The second kappa shape index (κ2) is 5.35. The average Bonchev–Trinajstić information content (AvgIpc) is 2.81. The van der Waals surface area contributed by atoms with Crippen LogP contribution in [0.15, 0.2) is 24.5 Å². The van der Waals surface area contributed by atoms with Gasteiger partial charge in [0.2, 0.25) is 0 Å². The Bertz CT molecular complexity index is 539. The Balaban J connectivity index is 1.87. The first kappa shape index (κ1) is 12.2. The topological polar surface area (TPSA) is 91.5 Å². The third-order valence-corrected chi connectivity index (χ3v) is 2.49. The predicted octanol–water partition coefficient (Wildman–Crippen LogP) is 1.04. The van der Waals surface area contributed by atoms with Crippen molar-refractivity contribution < 1.29 is 9.90 Å². The minimum absolute atomic E-state index is 0.184. The van der Waals surface area contributed by atoms with Crippen LogP contribution in [0.4, 0.5) is 10.6 Å². The number of hydrogen-bond donors (Lipinski definition) is 3. The van der Waals surface area contributed by atoms with Crippen molar-refractivity contribution in [2.24, 2.45) is 5.92 Å². The zero-order valence-electron chi connectivity index (χ0n) is 10.00. The fraction of sp³-hybridized carbons (Fsp3) is 0.364. The molecule has 1 amide bonds. The summed E-state index contributed by atoms with van der Waals surface area (Å²) in [6.07, 6.45) is 2.51. The molecule has 7 heteroatoms. The van der Waals surface area contributed by atoms with E-state index in [1.54, 1.807) is 10.7 Å². The molecule has 2 aromatic heterocycles. The predicted molar refractivity (Wildman–Crippen MR) is 66.7 cm³/mol. The first-order valence-electron chi connectivity index (χ1n) is 5.66. The Morgan fingerprint density at radius 2 is 2.33 bits per heavy atom. The molecule has 0 radical (unpaired) electrons. The first-order valence-corrected chi connectivity index (χ1v) is 5.66. The summed E-state index contributed by atoms with van der Waals surface area (Å²) < 4.78 is 1.68. The highest BCUT2D eigenvalue weighted by atomic mass is 16.4. The number of fused-ring (bicyclic) bond motifs is 1. The number of aromatic nitrogens is 3. The van der Waals surface area contributed by atoms with Crippen LogP contribution in [-0.2, 0) is 0 Å². The molecule has 0 aromatic carbocycles. The van der Waals surface area contributed by atoms with Crippen LogP contribution in [0.3, 0.4) is 0 Å². The summed E-state index contributed by atoms with van der Waals surface area (Å²) in [4.78, 5) is 14.7. The molecule has 2 aromatic rings. The lowest BCUT2D eigenvalue weighted by molar-refractivity contribution is 0.193. The number of carboxylic acid groups (broad SMARTS) is 1. The van der Waals surface area contributed by atoms with Gasteiger partial charge >= 0.3 is 6.09 Å². The second-order valence-corrected chi connectivity index (χ2v) is 4.12. The standard InChI is InChI=1S/C11H15N5O2/c1-8(7-13-11(17)18)6-12-9-3-5-16-10(15-9)2-4-14-16/h2-5,8,13H,6-7H2,1H3,(H,12,15)(H,17,18). The van der Waals surface area contributed by atoms with Crippen LogP contribution in [-0.4, -0.2) is 38.9 Å². The summed E-state index contributed by atoms with van der Waals surface area (Å²) in [6, 6.07) is 3.65. The van der Waals surface area contributed by atoms with Crippen LogP contribution in [0.1, 0.15) is 6.92 Å². The maximum atomic E-state index is 10.3. The fourth-order valence-corrected chi connectivity index (χ4v) is 1.52. The number of nitrogens with zero attached hydrogens (tertiary/aromatic N) is 3. The van der Waals surface area contributed by atoms with Crippen LogP contribution >= 0.6 is 0 Å². The van der Waals surface area contributed by atoms with Crippen molar-refractivity contribution in [1.82, 2.24) is 19.9 Å². The van der Waals surface area contributed by atoms with Crippen LogP contribution in [0.25, 0.3) is 5.65 Å². The third-order valence-electron chi connectivity index (χ3n) is 2.49. The molecule has 18 heavy (non-hydrogen) atoms. The summed E-state index contributed by atoms with van der Waals surface area (Å²) in [5, 5.41) is 18.1. The van der Waals surface area contributed by atoms with E-state index in [0.717, 1.165) is 11.5 Å². The maximum absolute atomic E-state index is 10.3. The van der Waals surface area contributed by atoms with Gasteiger partial charge in [-0.25, -0.2) is 14.3 Å². The molecule has 0 bridgehead atoms.